The summed E-state index contributed by atoms with van der Waals surface area (Å²) in [6.07, 6.45) is 0. The zero-order valence-electron chi connectivity index (χ0n) is 17.3. The van der Waals surface area contributed by atoms with Gasteiger partial charge in [-0.3, -0.25) is 0 Å². The highest BCUT2D eigenvalue weighted by Gasteiger charge is 2.16. The zero-order valence-corrected chi connectivity index (χ0v) is 18.1. The summed E-state index contributed by atoms with van der Waals surface area (Å²) in [6, 6.07) is 25.8. The number of hydrogen-bond acceptors (Lipinski definition) is 4. The van der Waals surface area contributed by atoms with Crippen molar-refractivity contribution in [1.29, 1.82) is 0 Å². The van der Waals surface area contributed by atoms with Crippen LogP contribution < -0.4 is 9.64 Å². The molecule has 30 heavy (non-hydrogen) atoms. The molecule has 4 heteroatoms. The van der Waals surface area contributed by atoms with Crippen molar-refractivity contribution in [3.63, 3.8) is 0 Å². The van der Waals surface area contributed by atoms with Gasteiger partial charge in [0.2, 0.25) is 0 Å². The van der Waals surface area contributed by atoms with Crippen molar-refractivity contribution >= 4 is 27.8 Å². The maximum absolute atomic E-state index is 6.19. The zero-order chi connectivity index (χ0) is 20.3. The summed E-state index contributed by atoms with van der Waals surface area (Å²) in [5.41, 5.74) is 3.83. The van der Waals surface area contributed by atoms with Gasteiger partial charge in [-0.15, -0.1) is 11.3 Å². The second kappa shape index (κ2) is 8.50. The van der Waals surface area contributed by atoms with E-state index >= 15 is 0 Å². The molecule has 1 aliphatic heterocycles. The molecular formula is C26H26N2OS. The highest BCUT2D eigenvalue weighted by molar-refractivity contribution is 7.10. The number of fused-ring (bicyclic) bond motifs is 1. The molecule has 2 heterocycles. The van der Waals surface area contributed by atoms with Crippen molar-refractivity contribution in [3.05, 3.63) is 83.1 Å². The van der Waals surface area contributed by atoms with Crippen LogP contribution >= 0.6 is 11.3 Å². The number of thiophene rings is 1. The number of piperazine rings is 1. The Bertz CT molecular complexity index is 1130. The second-order valence-electron chi connectivity index (χ2n) is 7.91. The minimum absolute atomic E-state index is 0.597. The molecule has 3 nitrogen and oxygen atoms in total. The number of rotatable bonds is 5. The molecule has 0 radical (unpaired) electrons. The van der Waals surface area contributed by atoms with E-state index in [4.69, 9.17) is 4.74 Å². The summed E-state index contributed by atoms with van der Waals surface area (Å²) >= 11 is 1.76. The summed E-state index contributed by atoms with van der Waals surface area (Å²) in [4.78, 5) is 6.12. The Morgan fingerprint density at radius 1 is 0.833 bits per heavy atom. The first kappa shape index (κ1) is 19.2. The van der Waals surface area contributed by atoms with E-state index < -0.39 is 0 Å². The van der Waals surface area contributed by atoms with E-state index in [2.05, 4.69) is 95.0 Å². The molecule has 0 bridgehead atoms. The molecule has 3 aromatic carbocycles. The van der Waals surface area contributed by atoms with E-state index in [1.165, 1.54) is 32.5 Å². The summed E-state index contributed by atoms with van der Waals surface area (Å²) in [7, 11) is 2.19. The Hall–Kier alpha value is -2.82. The van der Waals surface area contributed by atoms with Crippen LogP contribution in [-0.2, 0) is 6.61 Å². The lowest BCUT2D eigenvalue weighted by Gasteiger charge is -2.34. The van der Waals surface area contributed by atoms with Crippen molar-refractivity contribution in [2.45, 2.75) is 6.61 Å². The fourth-order valence-electron chi connectivity index (χ4n) is 4.04. The van der Waals surface area contributed by atoms with Gasteiger partial charge in [-0.05, 0) is 53.2 Å². The minimum Gasteiger partial charge on any atom is -0.488 e. The normalized spacial score (nSPS) is 14.9. The molecule has 0 N–H and O–H groups in total. The van der Waals surface area contributed by atoms with Crippen LogP contribution in [-0.4, -0.2) is 38.1 Å². The fraction of sp³-hybridized carbons (Fsp3) is 0.231. The largest absolute Gasteiger partial charge is 0.488 e. The quantitative estimate of drug-likeness (QED) is 0.404. The maximum atomic E-state index is 6.19. The first-order valence-corrected chi connectivity index (χ1v) is 11.4. The summed E-state index contributed by atoms with van der Waals surface area (Å²) < 4.78 is 6.19. The number of anilines is 1. The maximum Gasteiger partial charge on any atom is 0.122 e. The monoisotopic (exact) mass is 414 g/mol. The van der Waals surface area contributed by atoms with Gasteiger partial charge in [-0.1, -0.05) is 48.5 Å². The van der Waals surface area contributed by atoms with Crippen LogP contribution in [0.4, 0.5) is 5.69 Å². The summed E-state index contributed by atoms with van der Waals surface area (Å²) in [5.74, 6) is 0.929. The molecule has 0 spiro atoms. The van der Waals surface area contributed by atoms with Crippen LogP contribution in [0.3, 0.4) is 0 Å². The Labute approximate surface area is 182 Å². The Morgan fingerprint density at radius 3 is 2.50 bits per heavy atom. The van der Waals surface area contributed by atoms with Crippen molar-refractivity contribution in [3.8, 4) is 16.9 Å². The molecule has 1 aromatic heterocycles. The van der Waals surface area contributed by atoms with Crippen LogP contribution in [0.15, 0.2) is 78.2 Å². The average Bonchev–Trinajstić information content (AvgIpc) is 3.28. The molecule has 0 unspecified atom stereocenters. The predicted molar refractivity (Wildman–Crippen MR) is 128 cm³/mol. The number of nitrogens with zero attached hydrogens (tertiary/aromatic N) is 2. The lowest BCUT2D eigenvalue weighted by molar-refractivity contribution is 0.310. The van der Waals surface area contributed by atoms with Gasteiger partial charge < -0.3 is 14.5 Å². The van der Waals surface area contributed by atoms with E-state index in [1.807, 2.05) is 0 Å². The molecule has 0 aliphatic carbocycles. The van der Waals surface area contributed by atoms with Crippen LogP contribution in [0.25, 0.3) is 21.9 Å². The van der Waals surface area contributed by atoms with Gasteiger partial charge in [0.25, 0.3) is 0 Å². The molecule has 0 amide bonds. The molecular weight excluding hydrogens is 388 g/mol. The topological polar surface area (TPSA) is 15.7 Å². The van der Waals surface area contributed by atoms with E-state index in [1.54, 1.807) is 11.3 Å². The first-order valence-electron chi connectivity index (χ1n) is 10.5. The van der Waals surface area contributed by atoms with Gasteiger partial charge in [0.15, 0.2) is 0 Å². The van der Waals surface area contributed by atoms with Crippen molar-refractivity contribution in [2.75, 3.05) is 38.1 Å². The van der Waals surface area contributed by atoms with Crippen molar-refractivity contribution in [2.24, 2.45) is 0 Å². The van der Waals surface area contributed by atoms with Gasteiger partial charge in [0.1, 0.15) is 12.4 Å². The Kier molecular flexibility index (Phi) is 5.43. The highest BCUT2D eigenvalue weighted by Crippen LogP contribution is 2.32. The highest BCUT2D eigenvalue weighted by atomic mass is 32.1. The van der Waals surface area contributed by atoms with Crippen LogP contribution in [0.5, 0.6) is 5.75 Å². The minimum atomic E-state index is 0.597. The molecule has 1 aliphatic rings. The molecule has 4 aromatic rings. The SMILES string of the molecule is CN1CCN(c2cccc3ccc(OCc4cc(-c5ccccc5)cs4)cc23)CC1. The third-order valence-corrected chi connectivity index (χ3v) is 6.73. The molecule has 1 saturated heterocycles. The molecule has 5 rings (SSSR count). The number of ether oxygens (including phenoxy) is 1. The standard InChI is InChI=1S/C26H26N2OS/c1-27-12-14-28(15-13-27)26-9-5-8-21-10-11-23(17-25(21)26)29-18-24-16-22(19-30-24)20-6-3-2-4-7-20/h2-11,16-17,19H,12-15,18H2,1H3. The number of likely N-dealkylation sites (N-methyl/N-ethyl adjacent to an activating group) is 1. The van der Waals surface area contributed by atoms with Crippen molar-refractivity contribution < 1.29 is 4.74 Å². The lowest BCUT2D eigenvalue weighted by atomic mass is 10.1. The molecule has 0 atom stereocenters. The summed E-state index contributed by atoms with van der Waals surface area (Å²) in [6.45, 7) is 4.94. The van der Waals surface area contributed by atoms with Gasteiger partial charge >= 0.3 is 0 Å². The fourth-order valence-corrected chi connectivity index (χ4v) is 4.85. The van der Waals surface area contributed by atoms with E-state index in [-0.39, 0.29) is 0 Å². The van der Waals surface area contributed by atoms with Crippen LogP contribution in [0.1, 0.15) is 4.88 Å². The molecule has 0 saturated carbocycles. The van der Waals surface area contributed by atoms with Gasteiger partial charge in [0, 0.05) is 42.1 Å². The van der Waals surface area contributed by atoms with E-state index in [0.29, 0.717) is 6.61 Å². The van der Waals surface area contributed by atoms with E-state index in [9.17, 15) is 0 Å². The van der Waals surface area contributed by atoms with Gasteiger partial charge in [0.05, 0.1) is 0 Å². The Morgan fingerprint density at radius 2 is 1.67 bits per heavy atom. The van der Waals surface area contributed by atoms with E-state index in [0.717, 1.165) is 31.9 Å². The third-order valence-electron chi connectivity index (χ3n) is 5.82. The number of benzene rings is 3. The summed E-state index contributed by atoms with van der Waals surface area (Å²) in [5, 5.41) is 4.75. The smallest absolute Gasteiger partial charge is 0.122 e. The van der Waals surface area contributed by atoms with Crippen molar-refractivity contribution in [1.82, 2.24) is 4.90 Å². The van der Waals surface area contributed by atoms with Gasteiger partial charge in [-0.25, -0.2) is 0 Å². The second-order valence-corrected chi connectivity index (χ2v) is 8.90. The van der Waals surface area contributed by atoms with Crippen LogP contribution in [0, 0.1) is 0 Å². The van der Waals surface area contributed by atoms with Crippen LogP contribution in [0.2, 0.25) is 0 Å². The Balaban J connectivity index is 1.34. The lowest BCUT2D eigenvalue weighted by Crippen LogP contribution is -2.44. The molecule has 1 fully saturated rings. The number of hydrogen-bond donors (Lipinski definition) is 0. The third kappa shape index (κ3) is 4.07. The molecule has 152 valence electrons. The first-order chi connectivity index (χ1) is 14.8. The van der Waals surface area contributed by atoms with Gasteiger partial charge in [-0.2, -0.15) is 0 Å². The average molecular weight is 415 g/mol. The predicted octanol–water partition coefficient (Wildman–Crippen LogP) is 5.90.